The molecule has 2 aliphatic heterocycles. The second-order valence-corrected chi connectivity index (χ2v) is 3.98. The van der Waals surface area contributed by atoms with E-state index in [0.717, 1.165) is 12.0 Å². The average Bonchev–Trinajstić information content (AvgIpc) is 2.62. The largest absolute Gasteiger partial charge is 0.307 e. The van der Waals surface area contributed by atoms with Crippen molar-refractivity contribution in [1.29, 1.82) is 0 Å². The van der Waals surface area contributed by atoms with E-state index in [1.165, 1.54) is 18.4 Å². The lowest BCUT2D eigenvalue weighted by Crippen LogP contribution is -2.23. The molecule has 0 unspecified atom stereocenters. The molecule has 1 N–H and O–H groups in total. The molecule has 1 nitrogen and oxygen atoms in total. The molecule has 4 rings (SSSR count). The zero-order valence-corrected chi connectivity index (χ0v) is 8.26. The highest BCUT2D eigenvalue weighted by molar-refractivity contribution is 5.85. The molecular weight excluding hydrogens is 182 g/mol. The Kier molecular flexibility index (Phi) is 2.31. The van der Waals surface area contributed by atoms with E-state index in [-0.39, 0.29) is 12.4 Å². The topological polar surface area (TPSA) is 12.0 Å². The van der Waals surface area contributed by atoms with Crippen molar-refractivity contribution in [2.24, 2.45) is 5.92 Å². The van der Waals surface area contributed by atoms with E-state index in [1.807, 2.05) is 0 Å². The Morgan fingerprint density at radius 3 is 2.31 bits per heavy atom. The molecule has 2 heteroatoms. The lowest BCUT2D eigenvalue weighted by Gasteiger charge is -2.22. The summed E-state index contributed by atoms with van der Waals surface area (Å²) in [6.45, 7) is 0. The van der Waals surface area contributed by atoms with Crippen LogP contribution >= 0.6 is 12.4 Å². The van der Waals surface area contributed by atoms with Crippen molar-refractivity contribution in [3.63, 3.8) is 0 Å². The zero-order chi connectivity index (χ0) is 7.97. The van der Waals surface area contributed by atoms with Crippen LogP contribution in [0.3, 0.4) is 0 Å². The van der Waals surface area contributed by atoms with Crippen molar-refractivity contribution in [2.75, 3.05) is 0 Å². The van der Waals surface area contributed by atoms with Crippen molar-refractivity contribution in [1.82, 2.24) is 5.32 Å². The SMILES string of the molecule is Cl.c1ccc([C@@H]2NC3CC2C3)cc1. The molecule has 3 aliphatic rings. The van der Waals surface area contributed by atoms with Gasteiger partial charge in [-0.25, -0.2) is 0 Å². The number of hydrogen-bond donors (Lipinski definition) is 1. The lowest BCUT2D eigenvalue weighted by molar-refractivity contribution is 0.353. The minimum absolute atomic E-state index is 0. The highest BCUT2D eigenvalue weighted by atomic mass is 35.5. The second kappa shape index (κ2) is 3.32. The monoisotopic (exact) mass is 195 g/mol. The predicted octanol–water partition coefficient (Wildman–Crippen LogP) is 2.53. The van der Waals surface area contributed by atoms with E-state index in [9.17, 15) is 0 Å². The molecule has 13 heavy (non-hydrogen) atoms. The van der Waals surface area contributed by atoms with Gasteiger partial charge >= 0.3 is 0 Å². The van der Waals surface area contributed by atoms with Crippen LogP contribution < -0.4 is 5.32 Å². The fourth-order valence-corrected chi connectivity index (χ4v) is 2.49. The van der Waals surface area contributed by atoms with Gasteiger partial charge in [-0.15, -0.1) is 12.4 Å². The van der Waals surface area contributed by atoms with Crippen LogP contribution in [0, 0.1) is 5.92 Å². The van der Waals surface area contributed by atoms with Gasteiger partial charge in [0, 0.05) is 12.1 Å². The number of benzene rings is 1. The summed E-state index contributed by atoms with van der Waals surface area (Å²) in [6.07, 6.45) is 2.80. The molecule has 0 radical (unpaired) electrons. The molecular formula is C11H14ClN. The quantitative estimate of drug-likeness (QED) is 0.726. The summed E-state index contributed by atoms with van der Waals surface area (Å²) in [4.78, 5) is 0. The Morgan fingerprint density at radius 2 is 1.77 bits per heavy atom. The lowest BCUT2D eigenvalue weighted by atomic mass is 9.81. The Hall–Kier alpha value is -0.530. The van der Waals surface area contributed by atoms with E-state index in [2.05, 4.69) is 35.6 Å². The van der Waals surface area contributed by atoms with Gasteiger partial charge in [0.2, 0.25) is 0 Å². The van der Waals surface area contributed by atoms with Gasteiger partial charge < -0.3 is 5.32 Å². The molecule has 70 valence electrons. The van der Waals surface area contributed by atoms with E-state index in [1.54, 1.807) is 0 Å². The smallest absolute Gasteiger partial charge is 0.0352 e. The van der Waals surface area contributed by atoms with Crippen LogP contribution in [-0.4, -0.2) is 6.04 Å². The maximum absolute atomic E-state index is 3.64. The first kappa shape index (κ1) is 9.04. The first-order valence-corrected chi connectivity index (χ1v) is 4.74. The molecule has 0 amide bonds. The molecule has 1 saturated carbocycles. The normalized spacial score (nSPS) is 34.9. The Labute approximate surface area is 84.9 Å². The Morgan fingerprint density at radius 1 is 1.08 bits per heavy atom. The summed E-state index contributed by atoms with van der Waals surface area (Å²) in [5, 5.41) is 3.64. The maximum Gasteiger partial charge on any atom is 0.0352 e. The van der Waals surface area contributed by atoms with Gasteiger partial charge in [-0.05, 0) is 24.3 Å². The molecule has 0 aromatic heterocycles. The molecule has 1 aromatic rings. The molecule has 1 aliphatic carbocycles. The minimum atomic E-state index is 0. The second-order valence-electron chi connectivity index (χ2n) is 3.98. The molecule has 1 atom stereocenters. The van der Waals surface area contributed by atoms with Gasteiger partial charge in [0.05, 0.1) is 0 Å². The third-order valence-electron chi connectivity index (χ3n) is 3.22. The van der Waals surface area contributed by atoms with Gasteiger partial charge in [0.15, 0.2) is 0 Å². The number of rotatable bonds is 1. The van der Waals surface area contributed by atoms with Crippen LogP contribution in [0.1, 0.15) is 24.4 Å². The fraction of sp³-hybridized carbons (Fsp3) is 0.455. The van der Waals surface area contributed by atoms with Crippen LogP contribution in [0.2, 0.25) is 0 Å². The van der Waals surface area contributed by atoms with E-state index < -0.39 is 0 Å². The first-order chi connectivity index (χ1) is 5.93. The Balaban J connectivity index is 0.000000653. The Bertz CT molecular complexity index is 279. The van der Waals surface area contributed by atoms with Crippen molar-refractivity contribution in [3.8, 4) is 0 Å². The molecule has 3 fully saturated rings. The maximum atomic E-state index is 3.64. The van der Waals surface area contributed by atoms with Crippen molar-refractivity contribution in [2.45, 2.75) is 24.9 Å². The molecule has 0 spiro atoms. The third kappa shape index (κ3) is 1.36. The highest BCUT2D eigenvalue weighted by Crippen LogP contribution is 2.45. The molecule has 2 heterocycles. The number of nitrogens with one attached hydrogen (secondary N) is 1. The number of fused-ring (bicyclic) bond motifs is 1. The summed E-state index contributed by atoms with van der Waals surface area (Å²) in [5.41, 5.74) is 1.47. The van der Waals surface area contributed by atoms with Crippen LogP contribution in [0.25, 0.3) is 0 Å². The van der Waals surface area contributed by atoms with E-state index >= 15 is 0 Å². The van der Waals surface area contributed by atoms with Gasteiger partial charge in [-0.1, -0.05) is 30.3 Å². The first-order valence-electron chi connectivity index (χ1n) is 4.74. The zero-order valence-electron chi connectivity index (χ0n) is 7.44. The van der Waals surface area contributed by atoms with Gasteiger partial charge in [-0.2, -0.15) is 0 Å². The highest BCUT2D eigenvalue weighted by Gasteiger charge is 2.44. The number of halogens is 1. The minimum Gasteiger partial charge on any atom is -0.307 e. The van der Waals surface area contributed by atoms with Gasteiger partial charge in [-0.3, -0.25) is 0 Å². The van der Waals surface area contributed by atoms with Crippen molar-refractivity contribution < 1.29 is 0 Å². The van der Waals surface area contributed by atoms with Crippen LogP contribution in [0.4, 0.5) is 0 Å². The molecule has 2 saturated heterocycles. The van der Waals surface area contributed by atoms with E-state index in [0.29, 0.717) is 6.04 Å². The summed E-state index contributed by atoms with van der Waals surface area (Å²) in [6, 6.07) is 12.3. The van der Waals surface area contributed by atoms with E-state index in [4.69, 9.17) is 0 Å². The summed E-state index contributed by atoms with van der Waals surface area (Å²) >= 11 is 0. The van der Waals surface area contributed by atoms with Crippen molar-refractivity contribution in [3.05, 3.63) is 35.9 Å². The molecule has 2 bridgehead atoms. The number of hydrogen-bond acceptors (Lipinski definition) is 1. The summed E-state index contributed by atoms with van der Waals surface area (Å²) in [7, 11) is 0. The average molecular weight is 196 g/mol. The summed E-state index contributed by atoms with van der Waals surface area (Å²) < 4.78 is 0. The predicted molar refractivity (Wildman–Crippen MR) is 56.1 cm³/mol. The third-order valence-corrected chi connectivity index (χ3v) is 3.22. The summed E-state index contributed by atoms with van der Waals surface area (Å²) in [5.74, 6) is 0.928. The van der Waals surface area contributed by atoms with Crippen molar-refractivity contribution >= 4 is 12.4 Å². The van der Waals surface area contributed by atoms with Crippen LogP contribution in [0.15, 0.2) is 30.3 Å². The molecule has 1 aromatic carbocycles. The van der Waals surface area contributed by atoms with Crippen LogP contribution in [0.5, 0.6) is 0 Å². The van der Waals surface area contributed by atoms with Gasteiger partial charge in [0.25, 0.3) is 0 Å². The standard InChI is InChI=1S/C11H13N.ClH/c1-2-4-8(5-3-1)11-9-6-10(7-9)12-11;/h1-5,9-12H,6-7H2;1H/t9?,10?,11-;/m0./s1. The van der Waals surface area contributed by atoms with Gasteiger partial charge in [0.1, 0.15) is 0 Å². The van der Waals surface area contributed by atoms with Crippen LogP contribution in [-0.2, 0) is 0 Å². The fourth-order valence-electron chi connectivity index (χ4n) is 2.49.